The second-order valence-electron chi connectivity index (χ2n) is 5.86. The lowest BCUT2D eigenvalue weighted by Gasteiger charge is -2.29. The number of nitrogens with one attached hydrogen (secondary N) is 1. The standard InChI is InChI=1S/C15H23BrN2O/c1-10(2)9-13(17)14(19)18-15(3,4)11-5-7-12(16)8-6-11/h5-8,10,13H,9,17H2,1-4H3,(H,18,19)/t13-/m0/s1. The normalized spacial score (nSPS) is 13.4. The molecule has 0 bridgehead atoms. The summed E-state index contributed by atoms with van der Waals surface area (Å²) in [7, 11) is 0. The second-order valence-corrected chi connectivity index (χ2v) is 6.77. The molecule has 0 aliphatic heterocycles. The molecule has 0 unspecified atom stereocenters. The van der Waals surface area contributed by atoms with E-state index >= 15 is 0 Å². The number of amides is 1. The van der Waals surface area contributed by atoms with E-state index < -0.39 is 11.6 Å². The van der Waals surface area contributed by atoms with Crippen molar-refractivity contribution in [2.75, 3.05) is 0 Å². The van der Waals surface area contributed by atoms with E-state index in [0.29, 0.717) is 12.3 Å². The van der Waals surface area contributed by atoms with Crippen molar-refractivity contribution in [1.29, 1.82) is 0 Å². The molecule has 1 rings (SSSR count). The van der Waals surface area contributed by atoms with Crippen LogP contribution in [0.5, 0.6) is 0 Å². The van der Waals surface area contributed by atoms with Crippen LogP contribution < -0.4 is 11.1 Å². The quantitative estimate of drug-likeness (QED) is 0.873. The van der Waals surface area contributed by atoms with Crippen LogP contribution in [-0.4, -0.2) is 11.9 Å². The predicted octanol–water partition coefficient (Wildman–Crippen LogP) is 3.17. The van der Waals surface area contributed by atoms with E-state index in [0.717, 1.165) is 10.0 Å². The third-order valence-electron chi connectivity index (χ3n) is 3.06. The van der Waals surface area contributed by atoms with Gasteiger partial charge in [0.25, 0.3) is 0 Å². The van der Waals surface area contributed by atoms with Crippen LogP contribution in [0.25, 0.3) is 0 Å². The number of carbonyl (C=O) groups excluding carboxylic acids is 1. The minimum absolute atomic E-state index is 0.0957. The van der Waals surface area contributed by atoms with Crippen LogP contribution >= 0.6 is 15.9 Å². The zero-order valence-corrected chi connectivity index (χ0v) is 13.6. The SMILES string of the molecule is CC(C)C[C@H](N)C(=O)NC(C)(C)c1ccc(Br)cc1. The van der Waals surface area contributed by atoms with Crippen LogP contribution in [0, 0.1) is 5.92 Å². The van der Waals surface area contributed by atoms with Gasteiger partial charge in [0.1, 0.15) is 0 Å². The Bertz CT molecular complexity index is 426. The molecular formula is C15H23BrN2O. The van der Waals surface area contributed by atoms with Gasteiger partial charge < -0.3 is 11.1 Å². The highest BCUT2D eigenvalue weighted by atomic mass is 79.9. The first-order valence-electron chi connectivity index (χ1n) is 6.56. The van der Waals surface area contributed by atoms with E-state index in [-0.39, 0.29) is 5.91 Å². The van der Waals surface area contributed by atoms with Gasteiger partial charge in [0.2, 0.25) is 5.91 Å². The minimum atomic E-state index is -0.449. The van der Waals surface area contributed by atoms with Crippen molar-refractivity contribution < 1.29 is 4.79 Å². The van der Waals surface area contributed by atoms with Crippen molar-refractivity contribution in [3.63, 3.8) is 0 Å². The molecule has 3 N–H and O–H groups in total. The highest BCUT2D eigenvalue weighted by Gasteiger charge is 2.25. The molecule has 0 aliphatic carbocycles. The van der Waals surface area contributed by atoms with Crippen LogP contribution in [-0.2, 0) is 10.3 Å². The fraction of sp³-hybridized carbons (Fsp3) is 0.533. The molecule has 3 nitrogen and oxygen atoms in total. The number of halogens is 1. The molecule has 0 radical (unpaired) electrons. The topological polar surface area (TPSA) is 55.1 Å². The summed E-state index contributed by atoms with van der Waals surface area (Å²) in [4.78, 5) is 12.1. The first-order chi connectivity index (χ1) is 8.72. The van der Waals surface area contributed by atoms with Crippen LogP contribution in [0.3, 0.4) is 0 Å². The monoisotopic (exact) mass is 326 g/mol. The summed E-state index contributed by atoms with van der Waals surface area (Å²) in [6, 6.07) is 7.49. The Morgan fingerprint density at radius 2 is 1.84 bits per heavy atom. The summed E-state index contributed by atoms with van der Waals surface area (Å²) in [6.07, 6.45) is 0.697. The van der Waals surface area contributed by atoms with Crippen LogP contribution in [0.2, 0.25) is 0 Å². The number of hydrogen-bond acceptors (Lipinski definition) is 2. The van der Waals surface area contributed by atoms with E-state index in [9.17, 15) is 4.79 Å². The molecule has 0 aliphatic rings. The van der Waals surface area contributed by atoms with Gasteiger partial charge in [-0.1, -0.05) is 41.9 Å². The molecule has 0 spiro atoms. The van der Waals surface area contributed by atoms with Crippen molar-refractivity contribution in [3.05, 3.63) is 34.3 Å². The molecule has 0 fully saturated rings. The van der Waals surface area contributed by atoms with E-state index in [4.69, 9.17) is 5.73 Å². The molecule has 0 saturated heterocycles. The maximum Gasteiger partial charge on any atom is 0.237 e. The molecule has 1 atom stereocenters. The number of rotatable bonds is 5. The Balaban J connectivity index is 2.73. The van der Waals surface area contributed by atoms with Crippen molar-refractivity contribution in [2.24, 2.45) is 11.7 Å². The van der Waals surface area contributed by atoms with Crippen molar-refractivity contribution in [3.8, 4) is 0 Å². The lowest BCUT2D eigenvalue weighted by Crippen LogP contribution is -2.49. The summed E-state index contributed by atoms with van der Waals surface area (Å²) >= 11 is 3.41. The van der Waals surface area contributed by atoms with Gasteiger partial charge in [-0.3, -0.25) is 4.79 Å². The molecule has 4 heteroatoms. The molecule has 0 saturated carbocycles. The molecule has 0 heterocycles. The third-order valence-corrected chi connectivity index (χ3v) is 3.59. The van der Waals surface area contributed by atoms with E-state index in [1.165, 1.54) is 0 Å². The minimum Gasteiger partial charge on any atom is -0.346 e. The van der Waals surface area contributed by atoms with Crippen molar-refractivity contribution in [2.45, 2.75) is 45.7 Å². The average molecular weight is 327 g/mol. The van der Waals surface area contributed by atoms with Gasteiger partial charge in [-0.2, -0.15) is 0 Å². The van der Waals surface area contributed by atoms with Gasteiger partial charge in [-0.25, -0.2) is 0 Å². The summed E-state index contributed by atoms with van der Waals surface area (Å²) in [6.45, 7) is 8.09. The first-order valence-corrected chi connectivity index (χ1v) is 7.35. The Morgan fingerprint density at radius 3 is 2.32 bits per heavy atom. The van der Waals surface area contributed by atoms with Crippen LogP contribution in [0.4, 0.5) is 0 Å². The van der Waals surface area contributed by atoms with E-state index in [2.05, 4.69) is 35.1 Å². The molecule has 1 aromatic rings. The van der Waals surface area contributed by atoms with Gasteiger partial charge in [-0.05, 0) is 43.9 Å². The van der Waals surface area contributed by atoms with Gasteiger partial charge in [-0.15, -0.1) is 0 Å². The smallest absolute Gasteiger partial charge is 0.237 e. The highest BCUT2D eigenvalue weighted by Crippen LogP contribution is 2.22. The van der Waals surface area contributed by atoms with E-state index in [1.54, 1.807) is 0 Å². The fourth-order valence-corrected chi connectivity index (χ4v) is 2.22. The van der Waals surface area contributed by atoms with Gasteiger partial charge in [0.15, 0.2) is 0 Å². The van der Waals surface area contributed by atoms with Gasteiger partial charge >= 0.3 is 0 Å². The number of benzene rings is 1. The zero-order valence-electron chi connectivity index (χ0n) is 12.0. The summed E-state index contributed by atoms with van der Waals surface area (Å²) < 4.78 is 1.02. The van der Waals surface area contributed by atoms with E-state index in [1.807, 2.05) is 38.1 Å². The Labute approximate surface area is 124 Å². The number of nitrogens with two attached hydrogens (primary N) is 1. The van der Waals surface area contributed by atoms with Crippen molar-refractivity contribution >= 4 is 21.8 Å². The summed E-state index contributed by atoms with van der Waals surface area (Å²) in [5.74, 6) is 0.318. The molecule has 19 heavy (non-hydrogen) atoms. The van der Waals surface area contributed by atoms with Gasteiger partial charge in [0.05, 0.1) is 11.6 Å². The maximum absolute atomic E-state index is 12.1. The number of hydrogen-bond donors (Lipinski definition) is 2. The summed E-state index contributed by atoms with van der Waals surface area (Å²) in [5, 5.41) is 3.02. The molecule has 1 aromatic carbocycles. The summed E-state index contributed by atoms with van der Waals surface area (Å²) in [5.41, 5.74) is 6.54. The number of carbonyl (C=O) groups is 1. The molecule has 1 amide bonds. The Kier molecular flexibility index (Phi) is 5.56. The predicted molar refractivity (Wildman–Crippen MR) is 82.7 cm³/mol. The lowest BCUT2D eigenvalue weighted by molar-refractivity contribution is -0.124. The van der Waals surface area contributed by atoms with Crippen molar-refractivity contribution in [1.82, 2.24) is 5.32 Å². The first kappa shape index (κ1) is 16.2. The van der Waals surface area contributed by atoms with Crippen LogP contribution in [0.15, 0.2) is 28.7 Å². The maximum atomic E-state index is 12.1. The highest BCUT2D eigenvalue weighted by molar-refractivity contribution is 9.10. The third kappa shape index (κ3) is 4.96. The molecule has 0 aromatic heterocycles. The Morgan fingerprint density at radius 1 is 1.32 bits per heavy atom. The molecular weight excluding hydrogens is 304 g/mol. The average Bonchev–Trinajstić information content (AvgIpc) is 2.27. The largest absolute Gasteiger partial charge is 0.346 e. The Hall–Kier alpha value is -0.870. The second kappa shape index (κ2) is 6.53. The zero-order chi connectivity index (χ0) is 14.6. The molecule has 106 valence electrons. The van der Waals surface area contributed by atoms with Crippen LogP contribution in [0.1, 0.15) is 39.7 Å². The van der Waals surface area contributed by atoms with Gasteiger partial charge in [0, 0.05) is 4.47 Å². The fourth-order valence-electron chi connectivity index (χ4n) is 1.95. The lowest BCUT2D eigenvalue weighted by atomic mass is 9.93.